The van der Waals surface area contributed by atoms with E-state index in [1.807, 2.05) is 48.5 Å². The molecule has 10 aromatic rings. The zero-order chi connectivity index (χ0) is 33.0. The molecule has 0 aliphatic rings. The standard InChI is InChI=1S/C44H26N4OS/c1-2-11-27(12-3-1)44-47-38(42-40(48-44)34-19-4-6-21-36(34)49-42)32-17-9-15-30(24-32)28-13-8-14-29(23-28)31-16-10-18-33(25-31)39-43-41(46-26-45-39)35-20-5-7-22-37(35)50-43/h1-26H. The zero-order valence-corrected chi connectivity index (χ0v) is 27.4. The topological polar surface area (TPSA) is 64.7 Å². The summed E-state index contributed by atoms with van der Waals surface area (Å²) in [5.41, 5.74) is 12.5. The number of rotatable bonds is 5. The molecule has 0 amide bonds. The van der Waals surface area contributed by atoms with Gasteiger partial charge < -0.3 is 4.42 Å². The number of furan rings is 1. The lowest BCUT2D eigenvalue weighted by molar-refractivity contribution is 0.667. The second-order valence-electron chi connectivity index (χ2n) is 12.3. The number of thiophene rings is 1. The van der Waals surface area contributed by atoms with Crippen LogP contribution < -0.4 is 0 Å². The number of aromatic nitrogens is 4. The molecule has 6 aromatic carbocycles. The van der Waals surface area contributed by atoms with Gasteiger partial charge in [0.25, 0.3) is 0 Å². The third-order valence-electron chi connectivity index (χ3n) is 9.21. The lowest BCUT2D eigenvalue weighted by Crippen LogP contribution is -1.94. The number of para-hydroxylation sites is 1. The number of hydrogen-bond donors (Lipinski definition) is 0. The highest BCUT2D eigenvalue weighted by Crippen LogP contribution is 2.40. The van der Waals surface area contributed by atoms with Gasteiger partial charge in [-0.2, -0.15) is 0 Å². The maximum absolute atomic E-state index is 6.41. The van der Waals surface area contributed by atoms with Crippen molar-refractivity contribution >= 4 is 53.7 Å². The minimum Gasteiger partial charge on any atom is -0.452 e. The molecule has 10 rings (SSSR count). The molecule has 6 heteroatoms. The molecule has 0 saturated heterocycles. The number of benzene rings is 6. The molecular formula is C44H26N4OS. The van der Waals surface area contributed by atoms with Crippen LogP contribution in [-0.2, 0) is 0 Å². The third-order valence-corrected chi connectivity index (χ3v) is 10.4. The average Bonchev–Trinajstić information content (AvgIpc) is 3.77. The van der Waals surface area contributed by atoms with Crippen molar-refractivity contribution < 1.29 is 4.42 Å². The fourth-order valence-corrected chi connectivity index (χ4v) is 7.97. The molecule has 5 nitrogen and oxygen atoms in total. The van der Waals surface area contributed by atoms with Gasteiger partial charge in [-0.3, -0.25) is 0 Å². The van der Waals surface area contributed by atoms with Crippen LogP contribution in [0, 0.1) is 0 Å². The first-order valence-corrected chi connectivity index (χ1v) is 17.3. The lowest BCUT2D eigenvalue weighted by atomic mass is 9.96. The number of nitrogens with zero attached hydrogens (tertiary/aromatic N) is 4. The smallest absolute Gasteiger partial charge is 0.180 e. The molecule has 0 aliphatic heterocycles. The molecule has 0 unspecified atom stereocenters. The van der Waals surface area contributed by atoms with E-state index in [1.165, 1.54) is 10.1 Å². The maximum atomic E-state index is 6.41. The van der Waals surface area contributed by atoms with Gasteiger partial charge in [-0.1, -0.05) is 115 Å². The monoisotopic (exact) mass is 658 g/mol. The highest BCUT2D eigenvalue weighted by molar-refractivity contribution is 7.26. The van der Waals surface area contributed by atoms with E-state index in [1.54, 1.807) is 17.7 Å². The number of hydrogen-bond acceptors (Lipinski definition) is 6. The molecule has 4 heterocycles. The predicted octanol–water partition coefficient (Wildman–Crippen LogP) is 11.9. The minimum absolute atomic E-state index is 0.670. The second kappa shape index (κ2) is 11.6. The van der Waals surface area contributed by atoms with E-state index in [0.29, 0.717) is 11.4 Å². The van der Waals surface area contributed by atoms with Crippen LogP contribution >= 0.6 is 11.3 Å². The minimum atomic E-state index is 0.670. The van der Waals surface area contributed by atoms with E-state index in [0.717, 1.165) is 77.0 Å². The summed E-state index contributed by atoms with van der Waals surface area (Å²) in [6.45, 7) is 0. The van der Waals surface area contributed by atoms with Gasteiger partial charge in [0.05, 0.1) is 15.9 Å². The van der Waals surface area contributed by atoms with Gasteiger partial charge in [0.1, 0.15) is 23.1 Å². The third kappa shape index (κ3) is 4.77. The van der Waals surface area contributed by atoms with Crippen molar-refractivity contribution in [2.75, 3.05) is 0 Å². The summed E-state index contributed by atoms with van der Waals surface area (Å²) in [7, 11) is 0. The molecular weight excluding hydrogens is 633 g/mol. The fourth-order valence-electron chi connectivity index (χ4n) is 6.80. The summed E-state index contributed by atoms with van der Waals surface area (Å²) in [6, 6.07) is 52.4. The summed E-state index contributed by atoms with van der Waals surface area (Å²) in [4.78, 5) is 19.5. The van der Waals surface area contributed by atoms with E-state index < -0.39 is 0 Å². The fraction of sp³-hybridized carbons (Fsp3) is 0. The summed E-state index contributed by atoms with van der Waals surface area (Å²) >= 11 is 1.74. The Morgan fingerprint density at radius 3 is 1.76 bits per heavy atom. The lowest BCUT2D eigenvalue weighted by Gasteiger charge is -2.10. The van der Waals surface area contributed by atoms with Gasteiger partial charge in [-0.15, -0.1) is 11.3 Å². The van der Waals surface area contributed by atoms with Crippen molar-refractivity contribution in [1.82, 2.24) is 19.9 Å². The van der Waals surface area contributed by atoms with Crippen LogP contribution in [0.3, 0.4) is 0 Å². The molecule has 0 atom stereocenters. The zero-order valence-electron chi connectivity index (χ0n) is 26.6. The molecule has 0 saturated carbocycles. The van der Waals surface area contributed by atoms with Crippen LogP contribution in [0.4, 0.5) is 0 Å². The van der Waals surface area contributed by atoms with Gasteiger partial charge >= 0.3 is 0 Å². The van der Waals surface area contributed by atoms with Crippen LogP contribution in [0.5, 0.6) is 0 Å². The summed E-state index contributed by atoms with van der Waals surface area (Å²) < 4.78 is 8.73. The first-order chi connectivity index (χ1) is 24.8. The Bertz CT molecular complexity index is 2890. The van der Waals surface area contributed by atoms with Crippen LogP contribution in [0.25, 0.3) is 98.5 Å². The molecule has 234 valence electrons. The Balaban J connectivity index is 1.06. The molecule has 0 spiro atoms. The predicted molar refractivity (Wildman–Crippen MR) is 205 cm³/mol. The van der Waals surface area contributed by atoms with Crippen molar-refractivity contribution in [3.63, 3.8) is 0 Å². The largest absolute Gasteiger partial charge is 0.452 e. The van der Waals surface area contributed by atoms with Crippen molar-refractivity contribution in [1.29, 1.82) is 0 Å². The van der Waals surface area contributed by atoms with E-state index in [-0.39, 0.29) is 0 Å². The van der Waals surface area contributed by atoms with Crippen LogP contribution in [0.15, 0.2) is 162 Å². The highest BCUT2D eigenvalue weighted by atomic mass is 32.1. The Morgan fingerprint density at radius 2 is 1.02 bits per heavy atom. The first kappa shape index (κ1) is 28.5. The highest BCUT2D eigenvalue weighted by Gasteiger charge is 2.19. The van der Waals surface area contributed by atoms with Crippen LogP contribution in [-0.4, -0.2) is 19.9 Å². The number of fused-ring (bicyclic) bond motifs is 6. The normalized spacial score (nSPS) is 11.6. The summed E-state index contributed by atoms with van der Waals surface area (Å²) in [5, 5.41) is 2.14. The van der Waals surface area contributed by atoms with Gasteiger partial charge in [-0.25, -0.2) is 19.9 Å². The SMILES string of the molecule is c1ccc(-c2nc(-c3cccc(-c4cccc(-c5cccc(-c6ncnc7c6sc6ccccc67)c5)c4)c3)c3oc4ccccc4c3n2)cc1. The van der Waals surface area contributed by atoms with Crippen molar-refractivity contribution in [2.45, 2.75) is 0 Å². The molecule has 0 aliphatic carbocycles. The van der Waals surface area contributed by atoms with Gasteiger partial charge in [-0.05, 0) is 58.7 Å². The van der Waals surface area contributed by atoms with Crippen molar-refractivity contribution in [3.05, 3.63) is 158 Å². The van der Waals surface area contributed by atoms with Crippen molar-refractivity contribution in [3.8, 4) is 56.2 Å². The molecule has 0 radical (unpaired) electrons. The second-order valence-corrected chi connectivity index (χ2v) is 13.3. The first-order valence-electron chi connectivity index (χ1n) is 16.5. The summed E-state index contributed by atoms with van der Waals surface area (Å²) in [6.07, 6.45) is 1.68. The van der Waals surface area contributed by atoms with Gasteiger partial charge in [0, 0.05) is 32.2 Å². The molecule has 4 aromatic heterocycles. The van der Waals surface area contributed by atoms with Gasteiger partial charge in [0.2, 0.25) is 0 Å². The maximum Gasteiger partial charge on any atom is 0.180 e. The van der Waals surface area contributed by atoms with E-state index in [4.69, 9.17) is 19.4 Å². The van der Waals surface area contributed by atoms with Gasteiger partial charge in [0.15, 0.2) is 11.4 Å². The van der Waals surface area contributed by atoms with E-state index >= 15 is 0 Å². The Morgan fingerprint density at radius 1 is 0.440 bits per heavy atom. The van der Waals surface area contributed by atoms with Crippen LogP contribution in [0.1, 0.15) is 0 Å². The molecule has 0 N–H and O–H groups in total. The molecule has 0 bridgehead atoms. The molecule has 0 fully saturated rings. The average molecular weight is 659 g/mol. The molecule has 50 heavy (non-hydrogen) atoms. The Kier molecular flexibility index (Phi) is 6.60. The Hall–Kier alpha value is -6.50. The Labute approximate surface area is 291 Å². The van der Waals surface area contributed by atoms with E-state index in [2.05, 4.69) is 108 Å². The van der Waals surface area contributed by atoms with E-state index in [9.17, 15) is 0 Å². The van der Waals surface area contributed by atoms with Crippen molar-refractivity contribution in [2.24, 2.45) is 0 Å². The quantitative estimate of drug-likeness (QED) is 0.184. The summed E-state index contributed by atoms with van der Waals surface area (Å²) in [5.74, 6) is 0.670. The van der Waals surface area contributed by atoms with Crippen LogP contribution in [0.2, 0.25) is 0 Å².